The molecule has 0 bridgehead atoms. The van der Waals surface area contributed by atoms with E-state index in [4.69, 9.17) is 10.5 Å². The van der Waals surface area contributed by atoms with Crippen LogP contribution in [0.5, 0.6) is 0 Å². The fourth-order valence-electron chi connectivity index (χ4n) is 1.67. The molecule has 92 valence electrons. The number of aromatic nitrogens is 3. The van der Waals surface area contributed by atoms with E-state index >= 15 is 0 Å². The van der Waals surface area contributed by atoms with Gasteiger partial charge in [-0.25, -0.2) is 9.67 Å². The maximum atomic E-state index is 6.11. The normalized spacial score (nSPS) is 15.4. The molecule has 1 atom stereocenters. The second kappa shape index (κ2) is 5.41. The molecule has 0 aromatic carbocycles. The Balaban J connectivity index is 2.69. The molecular formula is C11H22N4O. The monoisotopic (exact) mass is 226 g/mol. The van der Waals surface area contributed by atoms with E-state index in [1.165, 1.54) is 0 Å². The van der Waals surface area contributed by atoms with Gasteiger partial charge in [-0.3, -0.25) is 0 Å². The van der Waals surface area contributed by atoms with Gasteiger partial charge in [0.25, 0.3) is 0 Å². The quantitative estimate of drug-likeness (QED) is 0.780. The van der Waals surface area contributed by atoms with Crippen LogP contribution in [0.3, 0.4) is 0 Å². The lowest BCUT2D eigenvalue weighted by atomic mass is 10.00. The van der Waals surface area contributed by atoms with Gasteiger partial charge < -0.3 is 10.5 Å². The van der Waals surface area contributed by atoms with Gasteiger partial charge >= 0.3 is 0 Å². The van der Waals surface area contributed by atoms with E-state index in [1.807, 2.05) is 11.6 Å². The summed E-state index contributed by atoms with van der Waals surface area (Å²) in [5, 5.41) is 4.21. The zero-order chi connectivity index (χ0) is 12.2. The average molecular weight is 226 g/mol. The summed E-state index contributed by atoms with van der Waals surface area (Å²) in [6.45, 7) is 7.66. The van der Waals surface area contributed by atoms with Gasteiger partial charge in [0.2, 0.25) is 0 Å². The predicted octanol–water partition coefficient (Wildman–Crippen LogP) is 0.840. The van der Waals surface area contributed by atoms with Crippen molar-refractivity contribution in [2.45, 2.75) is 39.3 Å². The first-order chi connectivity index (χ1) is 7.44. The summed E-state index contributed by atoms with van der Waals surface area (Å²) in [4.78, 5) is 4.25. The van der Waals surface area contributed by atoms with E-state index in [0.717, 1.165) is 12.4 Å². The molecule has 0 radical (unpaired) electrons. The molecule has 0 amide bonds. The fourth-order valence-corrected chi connectivity index (χ4v) is 1.67. The number of ether oxygens (including phenoxy) is 1. The van der Waals surface area contributed by atoms with Crippen LogP contribution in [0.2, 0.25) is 0 Å². The first-order valence-corrected chi connectivity index (χ1v) is 5.59. The maximum Gasteiger partial charge on any atom is 0.138 e. The van der Waals surface area contributed by atoms with E-state index in [0.29, 0.717) is 18.9 Å². The van der Waals surface area contributed by atoms with Crippen molar-refractivity contribution in [1.29, 1.82) is 0 Å². The van der Waals surface area contributed by atoms with E-state index in [9.17, 15) is 0 Å². The van der Waals surface area contributed by atoms with Crippen LogP contribution < -0.4 is 5.73 Å². The van der Waals surface area contributed by atoms with Gasteiger partial charge in [-0.2, -0.15) is 5.10 Å². The third-order valence-electron chi connectivity index (χ3n) is 2.27. The summed E-state index contributed by atoms with van der Waals surface area (Å²) in [6, 6.07) is 0. The van der Waals surface area contributed by atoms with Crippen molar-refractivity contribution in [2.24, 2.45) is 11.7 Å². The topological polar surface area (TPSA) is 66.0 Å². The largest absolute Gasteiger partial charge is 0.383 e. The Morgan fingerprint density at radius 2 is 2.25 bits per heavy atom. The van der Waals surface area contributed by atoms with Gasteiger partial charge in [0.15, 0.2) is 0 Å². The summed E-state index contributed by atoms with van der Waals surface area (Å²) < 4.78 is 7.02. The number of hydrogen-bond donors (Lipinski definition) is 1. The fraction of sp³-hybridized carbons (Fsp3) is 0.818. The predicted molar refractivity (Wildman–Crippen MR) is 63.0 cm³/mol. The van der Waals surface area contributed by atoms with Crippen LogP contribution >= 0.6 is 0 Å². The number of nitrogens with zero attached hydrogens (tertiary/aromatic N) is 3. The van der Waals surface area contributed by atoms with E-state index < -0.39 is 5.54 Å². The second-order valence-electron chi connectivity index (χ2n) is 5.02. The molecule has 0 spiro atoms. The summed E-state index contributed by atoms with van der Waals surface area (Å²) >= 11 is 0. The zero-order valence-corrected chi connectivity index (χ0v) is 10.6. The standard InChI is InChI=1S/C11H22N4O/c1-9(2)6-15-10(13-8-14-15)5-11(3,12)7-16-4/h8-9H,5-7,12H2,1-4H3. The molecule has 0 fully saturated rings. The molecule has 1 heterocycles. The molecule has 0 aliphatic carbocycles. The van der Waals surface area contributed by atoms with Crippen LogP contribution in [-0.4, -0.2) is 34.0 Å². The number of rotatable bonds is 6. The van der Waals surface area contributed by atoms with Crippen LogP contribution in [0, 0.1) is 5.92 Å². The lowest BCUT2D eigenvalue weighted by Crippen LogP contribution is -2.44. The Morgan fingerprint density at radius 3 is 2.81 bits per heavy atom. The first-order valence-electron chi connectivity index (χ1n) is 5.59. The van der Waals surface area contributed by atoms with Crippen molar-refractivity contribution in [3.8, 4) is 0 Å². The van der Waals surface area contributed by atoms with Crippen molar-refractivity contribution in [2.75, 3.05) is 13.7 Å². The second-order valence-corrected chi connectivity index (χ2v) is 5.02. The Kier molecular flexibility index (Phi) is 4.44. The minimum atomic E-state index is -0.392. The van der Waals surface area contributed by atoms with Gasteiger partial charge in [0.05, 0.1) is 6.61 Å². The van der Waals surface area contributed by atoms with Gasteiger partial charge in [-0.1, -0.05) is 13.8 Å². The average Bonchev–Trinajstić information content (AvgIpc) is 2.50. The Morgan fingerprint density at radius 1 is 1.56 bits per heavy atom. The highest BCUT2D eigenvalue weighted by molar-refractivity contribution is 4.95. The third kappa shape index (κ3) is 3.90. The summed E-state index contributed by atoms with van der Waals surface area (Å²) in [5.41, 5.74) is 5.72. The van der Waals surface area contributed by atoms with Crippen molar-refractivity contribution in [3.63, 3.8) is 0 Å². The van der Waals surface area contributed by atoms with Crippen LogP contribution in [0.1, 0.15) is 26.6 Å². The van der Waals surface area contributed by atoms with Gasteiger partial charge in [-0.05, 0) is 12.8 Å². The van der Waals surface area contributed by atoms with Crippen molar-refractivity contribution >= 4 is 0 Å². The lowest BCUT2D eigenvalue weighted by Gasteiger charge is -2.23. The van der Waals surface area contributed by atoms with Crippen molar-refractivity contribution in [1.82, 2.24) is 14.8 Å². The van der Waals surface area contributed by atoms with Gasteiger partial charge in [-0.15, -0.1) is 0 Å². The smallest absolute Gasteiger partial charge is 0.138 e. The van der Waals surface area contributed by atoms with Gasteiger partial charge in [0.1, 0.15) is 12.2 Å². The molecule has 1 aromatic heterocycles. The molecule has 0 aliphatic heterocycles. The van der Waals surface area contributed by atoms with Crippen LogP contribution in [0.25, 0.3) is 0 Å². The highest BCUT2D eigenvalue weighted by atomic mass is 16.5. The van der Waals surface area contributed by atoms with E-state index in [-0.39, 0.29) is 0 Å². The minimum Gasteiger partial charge on any atom is -0.383 e. The number of nitrogens with two attached hydrogens (primary N) is 1. The van der Waals surface area contributed by atoms with Crippen LogP contribution in [0.15, 0.2) is 6.33 Å². The lowest BCUT2D eigenvalue weighted by molar-refractivity contribution is 0.139. The molecule has 0 saturated heterocycles. The summed E-state index contributed by atoms with van der Waals surface area (Å²) in [7, 11) is 1.66. The molecule has 0 saturated carbocycles. The van der Waals surface area contributed by atoms with Crippen LogP contribution in [0.4, 0.5) is 0 Å². The Bertz CT molecular complexity index is 320. The molecule has 1 unspecified atom stereocenters. The first kappa shape index (κ1) is 13.1. The Labute approximate surface area is 97.0 Å². The molecule has 1 aromatic rings. The molecule has 0 aliphatic rings. The minimum absolute atomic E-state index is 0.392. The maximum absolute atomic E-state index is 6.11. The van der Waals surface area contributed by atoms with Crippen LogP contribution in [-0.2, 0) is 17.7 Å². The van der Waals surface area contributed by atoms with Crippen molar-refractivity contribution in [3.05, 3.63) is 12.2 Å². The molecule has 1 rings (SSSR count). The Hall–Kier alpha value is -0.940. The van der Waals surface area contributed by atoms with Gasteiger partial charge in [0, 0.05) is 25.6 Å². The van der Waals surface area contributed by atoms with Crippen molar-refractivity contribution < 1.29 is 4.74 Å². The number of methoxy groups -OCH3 is 1. The zero-order valence-electron chi connectivity index (χ0n) is 10.6. The molecular weight excluding hydrogens is 204 g/mol. The summed E-state index contributed by atoms with van der Waals surface area (Å²) in [5.74, 6) is 1.47. The van der Waals surface area contributed by atoms with E-state index in [2.05, 4.69) is 23.9 Å². The highest BCUT2D eigenvalue weighted by Crippen LogP contribution is 2.10. The molecule has 5 nitrogen and oxygen atoms in total. The number of hydrogen-bond acceptors (Lipinski definition) is 4. The molecule has 2 N–H and O–H groups in total. The highest BCUT2D eigenvalue weighted by Gasteiger charge is 2.22. The van der Waals surface area contributed by atoms with E-state index in [1.54, 1.807) is 13.4 Å². The summed E-state index contributed by atoms with van der Waals surface area (Å²) in [6.07, 6.45) is 2.26. The molecule has 16 heavy (non-hydrogen) atoms. The third-order valence-corrected chi connectivity index (χ3v) is 2.27. The SMILES string of the molecule is COCC(C)(N)Cc1ncnn1CC(C)C. The molecule has 5 heteroatoms.